The molecule has 9 heteroatoms. The van der Waals surface area contributed by atoms with E-state index in [1.165, 1.54) is 36.4 Å². The molecule has 0 N–H and O–H groups in total. The van der Waals surface area contributed by atoms with E-state index in [9.17, 15) is 19.2 Å². The molecule has 0 saturated heterocycles. The third kappa shape index (κ3) is 2.25. The number of hydrogen-bond acceptors (Lipinski definition) is 5. The number of carbonyl (C=O) groups excluding carboxylic acids is 4. The molecule has 0 bridgehead atoms. The summed E-state index contributed by atoms with van der Waals surface area (Å²) >= 11 is 11.6. The normalized spacial score (nSPS) is 15.9. The lowest BCUT2D eigenvalue weighted by Gasteiger charge is -2.18. The highest BCUT2D eigenvalue weighted by molar-refractivity contribution is 6.32. The van der Waals surface area contributed by atoms with E-state index in [0.717, 1.165) is 0 Å². The van der Waals surface area contributed by atoms with Gasteiger partial charge in [-0.05, 0) is 36.4 Å². The summed E-state index contributed by atoms with van der Waals surface area (Å²) in [6.45, 7) is 0. The Bertz CT molecular complexity index is 925. The number of carbonyl (C=O) groups is 4. The SMILES string of the molecule is O=C1c2ccc(Cl)cc2C(=O)N1ON1C(=O)c2ccc(Cl)cc2C1=O. The molecule has 4 amide bonds. The third-order valence-electron chi connectivity index (χ3n) is 3.79. The number of amides is 4. The molecule has 2 aliphatic rings. The maximum Gasteiger partial charge on any atom is 0.287 e. The number of rotatable bonds is 2. The molecule has 0 aliphatic carbocycles. The lowest BCUT2D eigenvalue weighted by Crippen LogP contribution is -2.41. The molecule has 0 spiro atoms. The summed E-state index contributed by atoms with van der Waals surface area (Å²) in [5.41, 5.74) is 0.178. The number of nitrogens with zero attached hydrogens (tertiary/aromatic N) is 2. The largest absolute Gasteiger partial charge is 0.287 e. The van der Waals surface area contributed by atoms with E-state index in [2.05, 4.69) is 0 Å². The quantitative estimate of drug-likeness (QED) is 0.752. The van der Waals surface area contributed by atoms with E-state index in [1.807, 2.05) is 0 Å². The summed E-state index contributed by atoms with van der Waals surface area (Å²) in [5, 5.41) is 1.23. The topological polar surface area (TPSA) is 84.0 Å². The van der Waals surface area contributed by atoms with Crippen LogP contribution < -0.4 is 0 Å². The van der Waals surface area contributed by atoms with E-state index in [1.54, 1.807) is 0 Å². The van der Waals surface area contributed by atoms with E-state index in [4.69, 9.17) is 28.1 Å². The molecule has 124 valence electrons. The summed E-state index contributed by atoms with van der Waals surface area (Å²) in [4.78, 5) is 54.4. The fourth-order valence-electron chi connectivity index (χ4n) is 2.61. The maximum absolute atomic E-state index is 12.3. The second-order valence-electron chi connectivity index (χ2n) is 5.27. The number of halogens is 2. The summed E-state index contributed by atoms with van der Waals surface area (Å²) in [5.74, 6) is -3.24. The van der Waals surface area contributed by atoms with E-state index < -0.39 is 23.6 Å². The first-order chi connectivity index (χ1) is 11.9. The summed E-state index contributed by atoms with van der Waals surface area (Å²) in [6.07, 6.45) is 0. The van der Waals surface area contributed by atoms with Crippen molar-refractivity contribution in [2.24, 2.45) is 0 Å². The molecule has 4 rings (SSSR count). The van der Waals surface area contributed by atoms with Gasteiger partial charge >= 0.3 is 0 Å². The van der Waals surface area contributed by atoms with Crippen LogP contribution in [0, 0.1) is 0 Å². The van der Waals surface area contributed by atoms with Gasteiger partial charge in [-0.15, -0.1) is 15.1 Å². The van der Waals surface area contributed by atoms with Gasteiger partial charge in [-0.1, -0.05) is 23.2 Å². The van der Waals surface area contributed by atoms with Crippen LogP contribution in [-0.4, -0.2) is 33.8 Å². The Morgan fingerprint density at radius 1 is 0.600 bits per heavy atom. The second kappa shape index (κ2) is 5.38. The highest BCUT2D eigenvalue weighted by Crippen LogP contribution is 2.30. The fourth-order valence-corrected chi connectivity index (χ4v) is 2.96. The van der Waals surface area contributed by atoms with Crippen LogP contribution in [0.3, 0.4) is 0 Å². The first-order valence-corrected chi connectivity index (χ1v) is 7.69. The molecule has 2 aliphatic heterocycles. The lowest BCUT2D eigenvalue weighted by molar-refractivity contribution is -0.216. The van der Waals surface area contributed by atoms with Gasteiger partial charge in [0.25, 0.3) is 23.6 Å². The predicted molar refractivity (Wildman–Crippen MR) is 85.0 cm³/mol. The summed E-state index contributed by atoms with van der Waals surface area (Å²) in [7, 11) is 0. The zero-order valence-corrected chi connectivity index (χ0v) is 13.7. The summed E-state index contributed by atoms with van der Waals surface area (Å²) < 4.78 is 0. The summed E-state index contributed by atoms with van der Waals surface area (Å²) in [6, 6.07) is 8.23. The standard InChI is InChI=1S/C16H6Cl2N2O5/c17-7-1-3-9-11(5-7)15(23)19(13(9)21)25-20-14(22)10-4-2-8(18)6-12(10)16(20)24/h1-6H. The predicted octanol–water partition coefficient (Wildman–Crippen LogP) is 2.73. The van der Waals surface area contributed by atoms with E-state index in [0.29, 0.717) is 10.1 Å². The van der Waals surface area contributed by atoms with Gasteiger partial charge in [0.05, 0.1) is 22.3 Å². The molecular weight excluding hydrogens is 371 g/mol. The van der Waals surface area contributed by atoms with Crippen LogP contribution in [0.15, 0.2) is 36.4 Å². The van der Waals surface area contributed by atoms with Gasteiger partial charge in [-0.25, -0.2) is 0 Å². The number of fused-ring (bicyclic) bond motifs is 2. The fraction of sp³-hybridized carbons (Fsp3) is 0. The first kappa shape index (κ1) is 15.8. The average molecular weight is 377 g/mol. The zero-order valence-electron chi connectivity index (χ0n) is 12.2. The highest BCUT2D eigenvalue weighted by Gasteiger charge is 2.44. The molecule has 2 heterocycles. The van der Waals surface area contributed by atoms with E-state index >= 15 is 0 Å². The van der Waals surface area contributed by atoms with Crippen LogP contribution in [0.25, 0.3) is 0 Å². The average Bonchev–Trinajstić information content (AvgIpc) is 2.95. The van der Waals surface area contributed by atoms with Gasteiger partial charge in [-0.3, -0.25) is 19.2 Å². The Kier molecular flexibility index (Phi) is 3.40. The molecule has 0 atom stereocenters. The smallest absolute Gasteiger partial charge is 0.266 e. The lowest BCUT2D eigenvalue weighted by atomic mass is 10.1. The molecule has 0 unspecified atom stereocenters. The molecule has 0 saturated carbocycles. The van der Waals surface area contributed by atoms with Crippen molar-refractivity contribution in [3.8, 4) is 0 Å². The van der Waals surface area contributed by atoms with E-state index in [-0.39, 0.29) is 32.3 Å². The number of hydrogen-bond donors (Lipinski definition) is 0. The van der Waals surface area contributed by atoms with Crippen LogP contribution >= 0.6 is 23.2 Å². The van der Waals surface area contributed by atoms with Crippen LogP contribution in [0.4, 0.5) is 0 Å². The zero-order chi connectivity index (χ0) is 17.9. The number of hydroxylamine groups is 4. The molecule has 7 nitrogen and oxygen atoms in total. The van der Waals surface area contributed by atoms with Crippen LogP contribution in [-0.2, 0) is 4.94 Å². The minimum absolute atomic E-state index is 0.0251. The molecular formula is C16H6Cl2N2O5. The monoisotopic (exact) mass is 376 g/mol. The van der Waals surface area contributed by atoms with Gasteiger partial charge in [0.2, 0.25) is 0 Å². The third-order valence-corrected chi connectivity index (χ3v) is 4.26. The van der Waals surface area contributed by atoms with Crippen molar-refractivity contribution < 1.29 is 24.1 Å². The van der Waals surface area contributed by atoms with Crippen LogP contribution in [0.1, 0.15) is 41.4 Å². The van der Waals surface area contributed by atoms with Crippen molar-refractivity contribution in [3.05, 3.63) is 68.7 Å². The van der Waals surface area contributed by atoms with Crippen LogP contribution in [0.2, 0.25) is 10.0 Å². The number of imide groups is 2. The van der Waals surface area contributed by atoms with Gasteiger partial charge < -0.3 is 0 Å². The number of benzene rings is 2. The van der Waals surface area contributed by atoms with Crippen molar-refractivity contribution in [3.63, 3.8) is 0 Å². The molecule has 2 aromatic carbocycles. The second-order valence-corrected chi connectivity index (χ2v) is 6.14. The minimum Gasteiger partial charge on any atom is -0.266 e. The van der Waals surface area contributed by atoms with Crippen molar-refractivity contribution in [1.82, 2.24) is 10.1 Å². The first-order valence-electron chi connectivity index (χ1n) is 6.93. The van der Waals surface area contributed by atoms with Crippen molar-refractivity contribution in [2.75, 3.05) is 0 Å². The molecule has 2 aromatic rings. The van der Waals surface area contributed by atoms with Crippen molar-refractivity contribution in [1.29, 1.82) is 0 Å². The molecule has 0 fully saturated rings. The highest BCUT2D eigenvalue weighted by atomic mass is 35.5. The molecule has 0 radical (unpaired) electrons. The Morgan fingerprint density at radius 2 is 0.960 bits per heavy atom. The Morgan fingerprint density at radius 3 is 1.36 bits per heavy atom. The Hall–Kier alpha value is -2.74. The van der Waals surface area contributed by atoms with Gasteiger partial charge in [0.1, 0.15) is 0 Å². The van der Waals surface area contributed by atoms with Crippen molar-refractivity contribution in [2.45, 2.75) is 0 Å². The molecule has 0 aromatic heterocycles. The Balaban J connectivity index is 1.66. The maximum atomic E-state index is 12.3. The molecule has 25 heavy (non-hydrogen) atoms. The van der Waals surface area contributed by atoms with Gasteiger partial charge in [0, 0.05) is 10.0 Å². The minimum atomic E-state index is -0.822. The van der Waals surface area contributed by atoms with Gasteiger partial charge in [0.15, 0.2) is 0 Å². The van der Waals surface area contributed by atoms with Crippen LogP contribution in [0.5, 0.6) is 0 Å². The van der Waals surface area contributed by atoms with Crippen molar-refractivity contribution >= 4 is 46.8 Å². The Labute approximate surface area is 150 Å². The van der Waals surface area contributed by atoms with Gasteiger partial charge in [-0.2, -0.15) is 0 Å².